The summed E-state index contributed by atoms with van der Waals surface area (Å²) in [5.41, 5.74) is 2.76. The average Bonchev–Trinajstić information content (AvgIpc) is 3.42. The first-order valence-electron chi connectivity index (χ1n) is 8.82. The largest absolute Gasteiger partial charge is 0.355 e. The number of aryl methyl sites for hydroxylation is 2. The summed E-state index contributed by atoms with van der Waals surface area (Å²) in [5, 5.41) is 5.76. The van der Waals surface area contributed by atoms with Crippen LogP contribution in [0.2, 0.25) is 0 Å². The number of amides is 2. The maximum absolute atomic E-state index is 12.9. The highest BCUT2D eigenvalue weighted by Gasteiger charge is 2.56. The molecule has 0 heterocycles. The van der Waals surface area contributed by atoms with E-state index in [1.165, 1.54) is 12.1 Å². The SMILES string of the molecule is Cc1ccc(C)c(NC(=O)C2(C(=O)NCCc3ccc(F)cc3)CC2)c1. The molecular formula is C21H23FN2O2. The standard InChI is InChI=1S/C21H23FN2O2/c1-14-3-4-15(2)18(13-14)24-20(26)21(10-11-21)19(25)23-12-9-16-5-7-17(22)8-6-16/h3-8,13H,9-12H2,1-2H3,(H,23,25)(H,24,26). The number of benzene rings is 2. The van der Waals surface area contributed by atoms with E-state index in [0.29, 0.717) is 25.8 Å². The minimum Gasteiger partial charge on any atom is -0.355 e. The van der Waals surface area contributed by atoms with Gasteiger partial charge in [-0.25, -0.2) is 4.39 Å². The predicted molar refractivity (Wildman–Crippen MR) is 99.3 cm³/mol. The number of hydrogen-bond donors (Lipinski definition) is 2. The lowest BCUT2D eigenvalue weighted by Crippen LogP contribution is -2.40. The van der Waals surface area contributed by atoms with E-state index in [9.17, 15) is 14.0 Å². The molecule has 1 fully saturated rings. The van der Waals surface area contributed by atoms with Gasteiger partial charge in [0, 0.05) is 12.2 Å². The summed E-state index contributed by atoms with van der Waals surface area (Å²) in [4.78, 5) is 25.2. The van der Waals surface area contributed by atoms with Crippen LogP contribution < -0.4 is 10.6 Å². The van der Waals surface area contributed by atoms with Crippen LogP contribution >= 0.6 is 0 Å². The molecule has 0 aliphatic heterocycles. The Morgan fingerprint density at radius 3 is 2.38 bits per heavy atom. The van der Waals surface area contributed by atoms with E-state index in [2.05, 4.69) is 10.6 Å². The van der Waals surface area contributed by atoms with E-state index in [-0.39, 0.29) is 17.6 Å². The van der Waals surface area contributed by atoms with Crippen LogP contribution in [-0.4, -0.2) is 18.4 Å². The van der Waals surface area contributed by atoms with Crippen molar-refractivity contribution in [2.45, 2.75) is 33.1 Å². The first-order valence-corrected chi connectivity index (χ1v) is 8.82. The number of halogens is 1. The molecule has 2 aromatic carbocycles. The van der Waals surface area contributed by atoms with E-state index >= 15 is 0 Å². The topological polar surface area (TPSA) is 58.2 Å². The van der Waals surface area contributed by atoms with Crippen molar-refractivity contribution < 1.29 is 14.0 Å². The number of carbonyl (C=O) groups is 2. The maximum atomic E-state index is 12.9. The molecule has 0 unspecified atom stereocenters. The zero-order valence-corrected chi connectivity index (χ0v) is 15.1. The van der Waals surface area contributed by atoms with Crippen molar-refractivity contribution in [3.63, 3.8) is 0 Å². The predicted octanol–water partition coefficient (Wildman–Crippen LogP) is 3.52. The van der Waals surface area contributed by atoms with Gasteiger partial charge in [0.05, 0.1) is 0 Å². The molecule has 2 aromatic rings. The third kappa shape index (κ3) is 3.93. The Morgan fingerprint density at radius 1 is 1.04 bits per heavy atom. The molecule has 1 aliphatic rings. The van der Waals surface area contributed by atoms with Crippen LogP contribution in [0.15, 0.2) is 42.5 Å². The second-order valence-corrected chi connectivity index (χ2v) is 6.99. The van der Waals surface area contributed by atoms with Crippen molar-refractivity contribution in [3.05, 3.63) is 65.0 Å². The van der Waals surface area contributed by atoms with Crippen LogP contribution in [0.5, 0.6) is 0 Å². The summed E-state index contributed by atoms with van der Waals surface area (Å²) in [6.45, 7) is 4.31. The van der Waals surface area contributed by atoms with Gasteiger partial charge in [0.1, 0.15) is 11.2 Å². The van der Waals surface area contributed by atoms with Crippen molar-refractivity contribution in [2.75, 3.05) is 11.9 Å². The number of nitrogens with one attached hydrogen (secondary N) is 2. The van der Waals surface area contributed by atoms with Crippen molar-refractivity contribution >= 4 is 17.5 Å². The second kappa shape index (κ2) is 7.28. The Kier molecular flexibility index (Phi) is 5.07. The van der Waals surface area contributed by atoms with Crippen LogP contribution in [0.3, 0.4) is 0 Å². The molecule has 0 bridgehead atoms. The van der Waals surface area contributed by atoms with Gasteiger partial charge in [0.15, 0.2) is 0 Å². The van der Waals surface area contributed by atoms with E-state index in [4.69, 9.17) is 0 Å². The molecule has 0 saturated heterocycles. The molecule has 1 aliphatic carbocycles. The smallest absolute Gasteiger partial charge is 0.240 e. The Labute approximate surface area is 152 Å². The minimum atomic E-state index is -0.959. The summed E-state index contributed by atoms with van der Waals surface area (Å²) in [6.07, 6.45) is 1.72. The lowest BCUT2D eigenvalue weighted by atomic mass is 10.0. The molecule has 0 aromatic heterocycles. The highest BCUT2D eigenvalue weighted by atomic mass is 19.1. The van der Waals surface area contributed by atoms with E-state index in [1.54, 1.807) is 12.1 Å². The van der Waals surface area contributed by atoms with Gasteiger partial charge in [-0.1, -0.05) is 24.3 Å². The second-order valence-electron chi connectivity index (χ2n) is 6.99. The van der Waals surface area contributed by atoms with Gasteiger partial charge < -0.3 is 10.6 Å². The zero-order valence-electron chi connectivity index (χ0n) is 15.1. The summed E-state index contributed by atoms with van der Waals surface area (Å²) in [5.74, 6) is -0.759. The third-order valence-electron chi connectivity index (χ3n) is 4.87. The summed E-state index contributed by atoms with van der Waals surface area (Å²) in [7, 11) is 0. The highest BCUT2D eigenvalue weighted by molar-refractivity contribution is 6.13. The average molecular weight is 354 g/mol. The molecule has 3 rings (SSSR count). The number of anilines is 1. The highest BCUT2D eigenvalue weighted by Crippen LogP contribution is 2.47. The summed E-state index contributed by atoms with van der Waals surface area (Å²) in [6, 6.07) is 12.0. The molecule has 5 heteroatoms. The maximum Gasteiger partial charge on any atom is 0.240 e. The van der Waals surface area contributed by atoms with Crippen molar-refractivity contribution in [2.24, 2.45) is 5.41 Å². The zero-order chi connectivity index (χ0) is 18.7. The molecular weight excluding hydrogens is 331 g/mol. The first-order chi connectivity index (χ1) is 12.4. The summed E-state index contributed by atoms with van der Waals surface area (Å²) < 4.78 is 12.9. The fourth-order valence-electron chi connectivity index (χ4n) is 2.94. The van der Waals surface area contributed by atoms with E-state index < -0.39 is 5.41 Å². The van der Waals surface area contributed by atoms with Crippen molar-refractivity contribution in [1.82, 2.24) is 5.32 Å². The normalized spacial score (nSPS) is 14.6. The summed E-state index contributed by atoms with van der Waals surface area (Å²) >= 11 is 0. The quantitative estimate of drug-likeness (QED) is 0.780. The van der Waals surface area contributed by atoms with Gasteiger partial charge in [0.2, 0.25) is 11.8 Å². The molecule has 136 valence electrons. The number of hydrogen-bond acceptors (Lipinski definition) is 2. The molecule has 26 heavy (non-hydrogen) atoms. The third-order valence-corrected chi connectivity index (χ3v) is 4.87. The molecule has 0 spiro atoms. The Morgan fingerprint density at radius 2 is 1.73 bits per heavy atom. The van der Waals surface area contributed by atoms with E-state index in [1.807, 2.05) is 32.0 Å². The van der Waals surface area contributed by atoms with Crippen LogP contribution in [0, 0.1) is 25.1 Å². The molecule has 4 nitrogen and oxygen atoms in total. The molecule has 0 atom stereocenters. The van der Waals surface area contributed by atoms with Crippen LogP contribution in [0.1, 0.15) is 29.5 Å². The van der Waals surface area contributed by atoms with Gasteiger partial charge in [-0.05, 0) is 68.0 Å². The number of rotatable bonds is 6. The fourth-order valence-corrected chi connectivity index (χ4v) is 2.94. The van der Waals surface area contributed by atoms with Crippen molar-refractivity contribution in [1.29, 1.82) is 0 Å². The van der Waals surface area contributed by atoms with Gasteiger partial charge in [0.25, 0.3) is 0 Å². The van der Waals surface area contributed by atoms with E-state index in [0.717, 1.165) is 22.4 Å². The minimum absolute atomic E-state index is 0.234. The Hall–Kier alpha value is -2.69. The van der Waals surface area contributed by atoms with Gasteiger partial charge in [-0.3, -0.25) is 9.59 Å². The van der Waals surface area contributed by atoms with Gasteiger partial charge in [-0.15, -0.1) is 0 Å². The lowest BCUT2D eigenvalue weighted by molar-refractivity contribution is -0.134. The Balaban J connectivity index is 1.57. The monoisotopic (exact) mass is 354 g/mol. The number of carbonyl (C=O) groups excluding carboxylic acids is 2. The van der Waals surface area contributed by atoms with Crippen LogP contribution in [0.4, 0.5) is 10.1 Å². The van der Waals surface area contributed by atoms with Crippen molar-refractivity contribution in [3.8, 4) is 0 Å². The first kappa shape index (κ1) is 18.1. The van der Waals surface area contributed by atoms with Gasteiger partial charge >= 0.3 is 0 Å². The Bertz CT molecular complexity index is 826. The van der Waals surface area contributed by atoms with Crippen LogP contribution in [0.25, 0.3) is 0 Å². The molecule has 2 N–H and O–H groups in total. The molecule has 0 radical (unpaired) electrons. The van der Waals surface area contributed by atoms with Gasteiger partial charge in [-0.2, -0.15) is 0 Å². The molecule has 1 saturated carbocycles. The lowest BCUT2D eigenvalue weighted by Gasteiger charge is -2.17. The fraction of sp³-hybridized carbons (Fsp3) is 0.333. The molecule has 2 amide bonds. The van der Waals surface area contributed by atoms with Crippen LogP contribution in [-0.2, 0) is 16.0 Å².